The maximum atomic E-state index is 12.9. The molecule has 2 aliphatic rings. The summed E-state index contributed by atoms with van der Waals surface area (Å²) in [4.78, 5) is 38.8. The number of nitrogens with zero attached hydrogens (tertiary/aromatic N) is 2. The van der Waals surface area contributed by atoms with Crippen molar-refractivity contribution >= 4 is 62.4 Å². The van der Waals surface area contributed by atoms with Gasteiger partial charge in [0, 0.05) is 11.3 Å². The van der Waals surface area contributed by atoms with E-state index in [1.54, 1.807) is 13.8 Å². The Hall–Kier alpha value is -1.98. The SMILES string of the molecule is CCOC(=O)c1c(NC(=O)C(C)Sc2nnc(NC(=O)CCC3CCCC3)s2)sc2c1CCC2. The number of rotatable bonds is 10. The molecule has 0 spiro atoms. The fourth-order valence-electron chi connectivity index (χ4n) is 4.45. The zero-order valence-electron chi connectivity index (χ0n) is 19.5. The minimum absolute atomic E-state index is 0.0392. The Kier molecular flexibility index (Phi) is 8.60. The van der Waals surface area contributed by atoms with E-state index in [1.165, 1.54) is 60.1 Å². The molecule has 0 aromatic carbocycles. The number of fused-ring (bicyclic) bond motifs is 1. The van der Waals surface area contributed by atoms with Crippen molar-refractivity contribution in [2.75, 3.05) is 17.2 Å². The predicted octanol–water partition coefficient (Wildman–Crippen LogP) is 5.29. The highest BCUT2D eigenvalue weighted by atomic mass is 32.2. The second-order valence-electron chi connectivity index (χ2n) is 8.64. The molecular formula is C23H30N4O4S3. The van der Waals surface area contributed by atoms with Gasteiger partial charge in [-0.3, -0.25) is 9.59 Å². The molecule has 8 nitrogen and oxygen atoms in total. The summed E-state index contributed by atoms with van der Waals surface area (Å²) >= 11 is 4.00. The highest BCUT2D eigenvalue weighted by Gasteiger charge is 2.29. The number of carbonyl (C=O) groups is 3. The van der Waals surface area contributed by atoms with E-state index >= 15 is 0 Å². The quantitative estimate of drug-likeness (QED) is 0.248. The number of nitrogens with one attached hydrogen (secondary N) is 2. The molecule has 2 amide bonds. The van der Waals surface area contributed by atoms with Gasteiger partial charge in [0.25, 0.3) is 0 Å². The normalized spacial score (nSPS) is 16.3. The highest BCUT2D eigenvalue weighted by molar-refractivity contribution is 8.02. The smallest absolute Gasteiger partial charge is 0.341 e. The third-order valence-corrected chi connectivity index (χ3v) is 9.42. The Morgan fingerprint density at radius 2 is 1.91 bits per heavy atom. The molecule has 11 heteroatoms. The molecule has 0 saturated heterocycles. The Balaban J connectivity index is 1.31. The number of carbonyl (C=O) groups excluding carboxylic acids is 3. The molecule has 34 heavy (non-hydrogen) atoms. The molecule has 4 rings (SSSR count). The minimum Gasteiger partial charge on any atom is -0.462 e. The number of thiophene rings is 1. The summed E-state index contributed by atoms with van der Waals surface area (Å²) in [6.07, 6.45) is 9.19. The van der Waals surface area contributed by atoms with Gasteiger partial charge in [-0.1, -0.05) is 48.8 Å². The topological polar surface area (TPSA) is 110 Å². The van der Waals surface area contributed by atoms with Gasteiger partial charge >= 0.3 is 5.97 Å². The van der Waals surface area contributed by atoms with Crippen LogP contribution in [0.5, 0.6) is 0 Å². The van der Waals surface area contributed by atoms with Gasteiger partial charge in [0.2, 0.25) is 16.9 Å². The molecular weight excluding hydrogens is 492 g/mol. The molecule has 184 valence electrons. The molecule has 1 fully saturated rings. The molecule has 2 aliphatic carbocycles. The van der Waals surface area contributed by atoms with Crippen LogP contribution < -0.4 is 10.6 Å². The van der Waals surface area contributed by atoms with Crippen LogP contribution in [0.1, 0.15) is 79.6 Å². The maximum Gasteiger partial charge on any atom is 0.341 e. The summed E-state index contributed by atoms with van der Waals surface area (Å²) in [5, 5.41) is 14.5. The van der Waals surface area contributed by atoms with Gasteiger partial charge in [-0.05, 0) is 51.0 Å². The molecule has 0 aliphatic heterocycles. The maximum absolute atomic E-state index is 12.9. The lowest BCUT2D eigenvalue weighted by molar-refractivity contribution is -0.116. The first-order valence-electron chi connectivity index (χ1n) is 11.9. The molecule has 2 aromatic heterocycles. The molecule has 1 saturated carbocycles. The van der Waals surface area contributed by atoms with Crippen LogP contribution in [0.3, 0.4) is 0 Å². The Morgan fingerprint density at radius 1 is 1.12 bits per heavy atom. The minimum atomic E-state index is -0.453. The van der Waals surface area contributed by atoms with Gasteiger partial charge in [0.05, 0.1) is 17.4 Å². The largest absolute Gasteiger partial charge is 0.462 e. The number of aryl methyl sites for hydroxylation is 1. The van der Waals surface area contributed by atoms with E-state index in [0.29, 0.717) is 39.0 Å². The van der Waals surface area contributed by atoms with Crippen LogP contribution in [0.25, 0.3) is 0 Å². The Labute approximate surface area is 211 Å². The molecule has 1 unspecified atom stereocenters. The lowest BCUT2D eigenvalue weighted by atomic mass is 10.0. The molecule has 2 heterocycles. The number of amides is 2. The van der Waals surface area contributed by atoms with Crippen molar-refractivity contribution in [1.82, 2.24) is 10.2 Å². The summed E-state index contributed by atoms with van der Waals surface area (Å²) in [7, 11) is 0. The van der Waals surface area contributed by atoms with Crippen molar-refractivity contribution in [3.05, 3.63) is 16.0 Å². The number of esters is 1. The Bertz CT molecular complexity index is 1050. The fraction of sp³-hybridized carbons (Fsp3) is 0.609. The predicted molar refractivity (Wildman–Crippen MR) is 136 cm³/mol. The molecule has 1 atom stereocenters. The molecule has 0 radical (unpaired) electrons. The first kappa shape index (κ1) is 25.1. The average molecular weight is 523 g/mol. The van der Waals surface area contributed by atoms with Gasteiger partial charge in [0.1, 0.15) is 5.00 Å². The van der Waals surface area contributed by atoms with Crippen LogP contribution in [0.4, 0.5) is 10.1 Å². The first-order valence-corrected chi connectivity index (χ1v) is 14.4. The summed E-state index contributed by atoms with van der Waals surface area (Å²) in [5.74, 6) is 0.0323. The van der Waals surface area contributed by atoms with Crippen LogP contribution in [-0.2, 0) is 27.2 Å². The van der Waals surface area contributed by atoms with Crippen molar-refractivity contribution in [2.24, 2.45) is 5.92 Å². The third-order valence-electron chi connectivity index (χ3n) is 6.19. The van der Waals surface area contributed by atoms with E-state index in [9.17, 15) is 14.4 Å². The zero-order chi connectivity index (χ0) is 24.1. The third kappa shape index (κ3) is 6.17. The molecule has 2 aromatic rings. The summed E-state index contributed by atoms with van der Waals surface area (Å²) in [6.45, 7) is 3.85. The first-order chi connectivity index (χ1) is 16.4. The van der Waals surface area contributed by atoms with Crippen molar-refractivity contribution in [3.8, 4) is 0 Å². The number of hydrogen-bond acceptors (Lipinski definition) is 9. The lowest BCUT2D eigenvalue weighted by Crippen LogP contribution is -2.23. The number of aromatic nitrogens is 2. The van der Waals surface area contributed by atoms with Crippen molar-refractivity contribution < 1.29 is 19.1 Å². The Morgan fingerprint density at radius 3 is 2.68 bits per heavy atom. The highest BCUT2D eigenvalue weighted by Crippen LogP contribution is 2.40. The van der Waals surface area contributed by atoms with E-state index in [1.807, 2.05) is 0 Å². The summed E-state index contributed by atoms with van der Waals surface area (Å²) in [5.41, 5.74) is 1.51. The van der Waals surface area contributed by atoms with E-state index in [2.05, 4.69) is 20.8 Å². The number of thioether (sulfide) groups is 1. The van der Waals surface area contributed by atoms with Gasteiger partial charge in [-0.2, -0.15) is 0 Å². The van der Waals surface area contributed by atoms with Crippen molar-refractivity contribution in [1.29, 1.82) is 0 Å². The van der Waals surface area contributed by atoms with Crippen molar-refractivity contribution in [3.63, 3.8) is 0 Å². The number of hydrogen-bond donors (Lipinski definition) is 2. The summed E-state index contributed by atoms with van der Waals surface area (Å²) in [6, 6.07) is 0. The van der Waals surface area contributed by atoms with Crippen LogP contribution >= 0.6 is 34.4 Å². The zero-order valence-corrected chi connectivity index (χ0v) is 21.9. The van der Waals surface area contributed by atoms with Gasteiger partial charge in [-0.15, -0.1) is 21.5 Å². The van der Waals surface area contributed by atoms with E-state index in [-0.39, 0.29) is 17.8 Å². The van der Waals surface area contributed by atoms with Crippen molar-refractivity contribution in [2.45, 2.75) is 81.2 Å². The van der Waals surface area contributed by atoms with E-state index < -0.39 is 5.25 Å². The second kappa shape index (κ2) is 11.6. The monoisotopic (exact) mass is 522 g/mol. The van der Waals surface area contributed by atoms with Gasteiger partial charge in [0.15, 0.2) is 4.34 Å². The van der Waals surface area contributed by atoms with Crippen LogP contribution in [0, 0.1) is 5.92 Å². The van der Waals surface area contributed by atoms with Crippen LogP contribution in [-0.4, -0.2) is 39.8 Å². The second-order valence-corrected chi connectivity index (χ2v) is 12.3. The number of anilines is 2. The van der Waals surface area contributed by atoms with Crippen LogP contribution in [0.15, 0.2) is 4.34 Å². The molecule has 2 N–H and O–H groups in total. The number of ether oxygens (including phenoxy) is 1. The summed E-state index contributed by atoms with van der Waals surface area (Å²) < 4.78 is 5.84. The van der Waals surface area contributed by atoms with Crippen LogP contribution in [0.2, 0.25) is 0 Å². The fourth-order valence-corrected chi connectivity index (χ4v) is 7.65. The van der Waals surface area contributed by atoms with Gasteiger partial charge in [-0.25, -0.2) is 4.79 Å². The lowest BCUT2D eigenvalue weighted by Gasteiger charge is -2.11. The van der Waals surface area contributed by atoms with E-state index in [4.69, 9.17) is 4.74 Å². The average Bonchev–Trinajstić information content (AvgIpc) is 3.58. The van der Waals surface area contributed by atoms with E-state index in [0.717, 1.165) is 36.1 Å². The standard InChI is InChI=1S/C23H30N4O4S3/c1-3-31-21(30)18-15-9-6-10-16(15)33-20(18)25-19(29)13(2)32-23-27-26-22(34-23)24-17(28)12-11-14-7-4-5-8-14/h13-14H,3-12H2,1-2H3,(H,25,29)(H,24,26,28). The molecule has 0 bridgehead atoms. The van der Waals surface area contributed by atoms with Gasteiger partial charge < -0.3 is 15.4 Å².